The molecule has 12 heteroatoms. The van der Waals surface area contributed by atoms with Gasteiger partial charge in [0.05, 0.1) is 40.5 Å². The predicted octanol–water partition coefficient (Wildman–Crippen LogP) is 1.95. The Labute approximate surface area is 204 Å². The Balaban J connectivity index is 1.59. The summed E-state index contributed by atoms with van der Waals surface area (Å²) in [7, 11) is 3.18. The van der Waals surface area contributed by atoms with Gasteiger partial charge in [-0.05, 0) is 18.4 Å². The second-order valence-electron chi connectivity index (χ2n) is 8.48. The van der Waals surface area contributed by atoms with Crippen LogP contribution in [0.1, 0.15) is 23.7 Å². The molecule has 1 aliphatic heterocycles. The molecule has 0 radical (unpaired) electrons. The Kier molecular flexibility index (Phi) is 5.85. The molecule has 1 unspecified atom stereocenters. The highest BCUT2D eigenvalue weighted by Crippen LogP contribution is 2.32. The van der Waals surface area contributed by atoms with Gasteiger partial charge < -0.3 is 15.4 Å². The standard InChI is InChI=1S/C24H22F2N8O2/c1-4-20(35)33-9-13(7-14(33)11-36-3)34-24-21(23(27)28-12-29-24)18(31-34)6-5-15-17(25)8-19-16(22(15)26)10-32(2)30-19/h4,8,10,12-14H,1,7,9,11H2,2-3H3,(H2,27,28,29)/t13?,14-/m1/s1. The Morgan fingerprint density at radius 1 is 1.33 bits per heavy atom. The van der Waals surface area contributed by atoms with E-state index in [2.05, 4.69) is 38.6 Å². The maximum absolute atomic E-state index is 15.0. The van der Waals surface area contributed by atoms with Gasteiger partial charge in [0, 0.05) is 33.0 Å². The summed E-state index contributed by atoms with van der Waals surface area (Å²) in [5, 5.41) is 9.14. The summed E-state index contributed by atoms with van der Waals surface area (Å²) in [4.78, 5) is 22.4. The largest absolute Gasteiger partial charge is 0.383 e. The molecule has 1 fully saturated rings. The Morgan fingerprint density at radius 2 is 2.14 bits per heavy atom. The Hall–Kier alpha value is -4.37. The third kappa shape index (κ3) is 3.83. The minimum absolute atomic E-state index is 0.129. The van der Waals surface area contributed by atoms with E-state index in [1.165, 1.54) is 23.3 Å². The number of carbonyl (C=O) groups is 1. The van der Waals surface area contributed by atoms with E-state index in [0.29, 0.717) is 30.6 Å². The lowest BCUT2D eigenvalue weighted by molar-refractivity contribution is -0.127. The van der Waals surface area contributed by atoms with Gasteiger partial charge in [-0.1, -0.05) is 12.5 Å². The first-order valence-electron chi connectivity index (χ1n) is 11.1. The quantitative estimate of drug-likeness (QED) is 0.342. The van der Waals surface area contributed by atoms with E-state index in [1.807, 2.05) is 0 Å². The molecule has 184 valence electrons. The highest BCUT2D eigenvalue weighted by molar-refractivity contribution is 5.91. The minimum atomic E-state index is -0.837. The van der Waals surface area contributed by atoms with Crippen molar-refractivity contribution in [2.24, 2.45) is 7.05 Å². The topological polar surface area (TPSA) is 117 Å². The number of benzene rings is 1. The van der Waals surface area contributed by atoms with Gasteiger partial charge in [0.2, 0.25) is 5.91 Å². The molecule has 36 heavy (non-hydrogen) atoms. The van der Waals surface area contributed by atoms with Gasteiger partial charge in [0.1, 0.15) is 23.7 Å². The molecule has 5 rings (SSSR count). The van der Waals surface area contributed by atoms with Gasteiger partial charge in [-0.2, -0.15) is 10.2 Å². The molecule has 2 N–H and O–H groups in total. The summed E-state index contributed by atoms with van der Waals surface area (Å²) in [6.45, 7) is 4.26. The van der Waals surface area contributed by atoms with Crippen molar-refractivity contribution in [2.75, 3.05) is 26.0 Å². The minimum Gasteiger partial charge on any atom is -0.383 e. The van der Waals surface area contributed by atoms with Crippen LogP contribution in [0.15, 0.2) is 31.2 Å². The number of fused-ring (bicyclic) bond motifs is 2. The average molecular weight is 492 g/mol. The monoisotopic (exact) mass is 492 g/mol. The molecule has 1 amide bonds. The lowest BCUT2D eigenvalue weighted by Crippen LogP contribution is -2.37. The number of hydrogen-bond acceptors (Lipinski definition) is 7. The number of nitrogens with zero attached hydrogens (tertiary/aromatic N) is 7. The zero-order chi connectivity index (χ0) is 25.6. The zero-order valence-corrected chi connectivity index (χ0v) is 19.6. The highest BCUT2D eigenvalue weighted by Gasteiger charge is 2.37. The van der Waals surface area contributed by atoms with Crippen LogP contribution in [0, 0.1) is 23.5 Å². The predicted molar refractivity (Wildman–Crippen MR) is 128 cm³/mol. The number of methoxy groups -OCH3 is 1. The van der Waals surface area contributed by atoms with Crippen LogP contribution >= 0.6 is 0 Å². The third-order valence-corrected chi connectivity index (χ3v) is 6.19. The maximum Gasteiger partial charge on any atom is 0.246 e. The van der Waals surface area contributed by atoms with E-state index in [9.17, 15) is 9.18 Å². The number of anilines is 1. The fourth-order valence-corrected chi connectivity index (χ4v) is 4.59. The summed E-state index contributed by atoms with van der Waals surface area (Å²) < 4.78 is 38.0. The number of nitrogen functional groups attached to an aromatic ring is 1. The van der Waals surface area contributed by atoms with Crippen LogP contribution in [0.5, 0.6) is 0 Å². The van der Waals surface area contributed by atoms with Crippen molar-refractivity contribution in [3.05, 3.63) is 54.1 Å². The van der Waals surface area contributed by atoms with Gasteiger partial charge in [-0.15, -0.1) is 0 Å². The Morgan fingerprint density at radius 3 is 2.89 bits per heavy atom. The van der Waals surface area contributed by atoms with Crippen LogP contribution in [-0.4, -0.2) is 66.6 Å². The summed E-state index contributed by atoms with van der Waals surface area (Å²) >= 11 is 0. The second kappa shape index (κ2) is 9.01. The number of nitrogens with two attached hydrogens (primary N) is 1. The lowest BCUT2D eigenvalue weighted by Gasteiger charge is -2.22. The SMILES string of the molecule is C=CC(=O)N1CC(n2nc(C#Cc3c(F)cc4nn(C)cc4c3F)c3c(N)ncnc32)C[C@@H]1COC. The molecule has 4 aromatic rings. The second-order valence-corrected chi connectivity index (χ2v) is 8.48. The first kappa shape index (κ1) is 23.4. The van der Waals surface area contributed by atoms with E-state index in [-0.39, 0.29) is 40.4 Å². The number of ether oxygens (including phenoxy) is 1. The Bertz CT molecular complexity index is 1580. The first-order valence-corrected chi connectivity index (χ1v) is 11.1. The van der Waals surface area contributed by atoms with Crippen LogP contribution in [0.2, 0.25) is 0 Å². The molecule has 1 saturated heterocycles. The van der Waals surface area contributed by atoms with Crippen molar-refractivity contribution in [2.45, 2.75) is 18.5 Å². The fourth-order valence-electron chi connectivity index (χ4n) is 4.59. The number of rotatable bonds is 4. The van der Waals surface area contributed by atoms with Gasteiger partial charge in [-0.25, -0.2) is 23.4 Å². The highest BCUT2D eigenvalue weighted by atomic mass is 19.1. The van der Waals surface area contributed by atoms with E-state index in [1.54, 1.807) is 23.7 Å². The number of amides is 1. The molecule has 0 aliphatic carbocycles. The third-order valence-electron chi connectivity index (χ3n) is 6.19. The van der Waals surface area contributed by atoms with Crippen molar-refractivity contribution in [3.63, 3.8) is 0 Å². The van der Waals surface area contributed by atoms with Gasteiger partial charge in [0.25, 0.3) is 0 Å². The van der Waals surface area contributed by atoms with Gasteiger partial charge in [-0.3, -0.25) is 9.48 Å². The number of carbonyl (C=O) groups excluding carboxylic acids is 1. The maximum atomic E-state index is 15.0. The number of likely N-dealkylation sites (tertiary alicyclic amines) is 1. The molecule has 4 heterocycles. The van der Waals surface area contributed by atoms with Crippen LogP contribution in [0.25, 0.3) is 21.9 Å². The van der Waals surface area contributed by atoms with Gasteiger partial charge >= 0.3 is 0 Å². The van der Waals surface area contributed by atoms with E-state index < -0.39 is 17.2 Å². The molecular formula is C24H22F2N8O2. The molecule has 10 nitrogen and oxygen atoms in total. The first-order chi connectivity index (χ1) is 17.3. The van der Waals surface area contributed by atoms with Crippen molar-refractivity contribution in [1.82, 2.24) is 34.4 Å². The van der Waals surface area contributed by atoms with E-state index >= 15 is 4.39 Å². The van der Waals surface area contributed by atoms with E-state index in [0.717, 1.165) is 6.07 Å². The summed E-state index contributed by atoms with van der Waals surface area (Å²) in [5.41, 5.74) is 6.48. The van der Waals surface area contributed by atoms with Crippen LogP contribution in [0.3, 0.4) is 0 Å². The van der Waals surface area contributed by atoms with Gasteiger partial charge in [0.15, 0.2) is 11.5 Å². The molecule has 2 atom stereocenters. The molecule has 1 aliphatic rings. The summed E-state index contributed by atoms with van der Waals surface area (Å²) in [5.74, 6) is 3.58. The fraction of sp³-hybridized carbons (Fsp3) is 0.292. The number of aryl methyl sites for hydroxylation is 1. The van der Waals surface area contributed by atoms with Crippen molar-refractivity contribution in [1.29, 1.82) is 0 Å². The normalized spacial score (nSPS) is 17.5. The van der Waals surface area contributed by atoms with Crippen LogP contribution in [0.4, 0.5) is 14.6 Å². The number of hydrogen-bond donors (Lipinski definition) is 1. The van der Waals surface area contributed by atoms with Crippen molar-refractivity contribution in [3.8, 4) is 11.8 Å². The molecule has 0 spiro atoms. The van der Waals surface area contributed by atoms with Crippen LogP contribution in [-0.2, 0) is 16.6 Å². The molecular weight excluding hydrogens is 470 g/mol. The number of aromatic nitrogens is 6. The molecule has 1 aromatic carbocycles. The van der Waals surface area contributed by atoms with Crippen LogP contribution < -0.4 is 5.73 Å². The summed E-state index contributed by atoms with van der Waals surface area (Å²) in [6.07, 6.45) is 4.56. The van der Waals surface area contributed by atoms with Crippen molar-refractivity contribution >= 4 is 33.7 Å². The molecule has 0 saturated carbocycles. The summed E-state index contributed by atoms with van der Waals surface area (Å²) in [6, 6.07) is 0.686. The average Bonchev–Trinajstić information content (AvgIpc) is 3.54. The lowest BCUT2D eigenvalue weighted by atomic mass is 10.1. The number of halogens is 2. The molecule has 3 aromatic heterocycles. The van der Waals surface area contributed by atoms with E-state index in [4.69, 9.17) is 10.5 Å². The molecule has 0 bridgehead atoms. The smallest absolute Gasteiger partial charge is 0.246 e. The van der Waals surface area contributed by atoms with Crippen molar-refractivity contribution < 1.29 is 18.3 Å². The zero-order valence-electron chi connectivity index (χ0n) is 19.6.